The molecule has 0 aliphatic carbocycles. The van der Waals surface area contributed by atoms with Crippen molar-refractivity contribution in [2.24, 2.45) is 0 Å². The highest BCUT2D eigenvalue weighted by Gasteiger charge is 2.39. The molecule has 0 saturated carbocycles. The number of thioether (sulfide) groups is 1. The summed E-state index contributed by atoms with van der Waals surface area (Å²) in [7, 11) is 0. The average molecular weight is 340 g/mol. The van der Waals surface area contributed by atoms with Crippen LogP contribution in [0.2, 0.25) is 0 Å². The first-order valence-corrected chi connectivity index (χ1v) is 9.22. The Kier molecular flexibility index (Phi) is 4.31. The number of amides is 2. The van der Waals surface area contributed by atoms with Crippen molar-refractivity contribution in [3.05, 3.63) is 11.6 Å². The third-order valence-corrected chi connectivity index (χ3v) is 6.28. The van der Waals surface area contributed by atoms with Gasteiger partial charge < -0.3 is 15.1 Å². The van der Waals surface area contributed by atoms with Crippen LogP contribution in [0, 0.1) is 0 Å². The van der Waals surface area contributed by atoms with Crippen LogP contribution in [0.5, 0.6) is 0 Å². The maximum atomic E-state index is 12.6. The van der Waals surface area contributed by atoms with Crippen LogP contribution in [0.3, 0.4) is 0 Å². The van der Waals surface area contributed by atoms with Crippen LogP contribution in [0.1, 0.15) is 13.8 Å². The van der Waals surface area contributed by atoms with Crippen molar-refractivity contribution in [3.63, 3.8) is 0 Å². The Hall–Kier alpha value is -1.28. The molecule has 3 heterocycles. The number of piperazine rings is 1. The van der Waals surface area contributed by atoms with Gasteiger partial charge in [0.2, 0.25) is 11.8 Å². The van der Waals surface area contributed by atoms with E-state index < -0.39 is 10.8 Å². The Morgan fingerprint density at radius 2 is 2.09 bits per heavy atom. The molecule has 22 heavy (non-hydrogen) atoms. The van der Waals surface area contributed by atoms with Gasteiger partial charge in [-0.2, -0.15) is 0 Å². The summed E-state index contributed by atoms with van der Waals surface area (Å²) in [6.45, 7) is 6.72. The van der Waals surface area contributed by atoms with E-state index in [9.17, 15) is 9.59 Å². The van der Waals surface area contributed by atoms with Gasteiger partial charge in [-0.1, -0.05) is 0 Å². The fraction of sp³-hybridized carbons (Fsp3) is 0.643. The molecule has 0 aromatic carbocycles. The van der Waals surface area contributed by atoms with Gasteiger partial charge in [0.05, 0.1) is 4.75 Å². The number of aromatic nitrogens is 1. The molecule has 0 unspecified atom stereocenters. The summed E-state index contributed by atoms with van der Waals surface area (Å²) in [6, 6.07) is -0.392. The number of hydrogen-bond donors (Lipinski definition) is 1. The molecule has 120 valence electrons. The maximum absolute atomic E-state index is 12.6. The van der Waals surface area contributed by atoms with E-state index in [-0.39, 0.29) is 11.8 Å². The zero-order chi connectivity index (χ0) is 15.7. The number of hydrogen-bond acceptors (Lipinski definition) is 6. The Morgan fingerprint density at radius 1 is 1.36 bits per heavy atom. The molecule has 2 saturated heterocycles. The van der Waals surface area contributed by atoms with Gasteiger partial charge in [0.25, 0.3) is 0 Å². The molecule has 0 radical (unpaired) electrons. The van der Waals surface area contributed by atoms with Crippen LogP contribution >= 0.6 is 23.1 Å². The molecule has 3 rings (SSSR count). The molecule has 2 aliphatic heterocycles. The Bertz CT molecular complexity index is 553. The van der Waals surface area contributed by atoms with Crippen molar-refractivity contribution < 1.29 is 9.59 Å². The van der Waals surface area contributed by atoms with Crippen molar-refractivity contribution in [1.82, 2.24) is 15.2 Å². The molecule has 1 N–H and O–H groups in total. The van der Waals surface area contributed by atoms with E-state index in [2.05, 4.69) is 15.2 Å². The molecule has 1 aromatic rings. The Morgan fingerprint density at radius 3 is 2.68 bits per heavy atom. The second-order valence-corrected chi connectivity index (χ2v) is 8.49. The number of nitrogens with one attached hydrogen (secondary N) is 1. The predicted octanol–water partition coefficient (Wildman–Crippen LogP) is 0.802. The molecule has 1 atom stereocenters. The first-order valence-electron chi connectivity index (χ1n) is 7.35. The minimum Gasteiger partial charge on any atom is -0.345 e. The number of thiazole rings is 1. The highest BCUT2D eigenvalue weighted by molar-refractivity contribution is 8.01. The van der Waals surface area contributed by atoms with Gasteiger partial charge in [0.15, 0.2) is 5.13 Å². The lowest BCUT2D eigenvalue weighted by molar-refractivity contribution is -0.136. The molecule has 2 aliphatic rings. The van der Waals surface area contributed by atoms with E-state index in [1.165, 1.54) is 0 Å². The second kappa shape index (κ2) is 6.08. The maximum Gasteiger partial charge on any atom is 0.246 e. The van der Waals surface area contributed by atoms with E-state index in [0.717, 1.165) is 18.2 Å². The van der Waals surface area contributed by atoms with Crippen LogP contribution in [0.25, 0.3) is 0 Å². The normalized spacial score (nSPS) is 25.0. The summed E-state index contributed by atoms with van der Waals surface area (Å²) >= 11 is 3.17. The summed E-state index contributed by atoms with van der Waals surface area (Å²) < 4.78 is -0.444. The van der Waals surface area contributed by atoms with E-state index in [1.807, 2.05) is 24.1 Å². The number of carbonyl (C=O) groups excluding carboxylic acids is 2. The van der Waals surface area contributed by atoms with Crippen molar-refractivity contribution >= 4 is 40.0 Å². The molecular formula is C14H20N4O2S2. The standard InChI is InChI=1S/C14H20N4O2S2/c1-14(2)12(20)16-10(9-22-14)11(19)17-4-6-18(7-5-17)13-15-3-8-21-13/h3,8,10H,4-7,9H2,1-2H3,(H,16,20)/t10-/m0/s1. The summed E-state index contributed by atoms with van der Waals surface area (Å²) in [5.41, 5.74) is 0. The van der Waals surface area contributed by atoms with Gasteiger partial charge in [0.1, 0.15) is 6.04 Å². The molecule has 6 nitrogen and oxygen atoms in total. The van der Waals surface area contributed by atoms with E-state index in [4.69, 9.17) is 0 Å². The summed E-state index contributed by atoms with van der Waals surface area (Å²) in [5.74, 6) is 0.628. The summed E-state index contributed by atoms with van der Waals surface area (Å²) in [5, 5.41) is 5.84. The van der Waals surface area contributed by atoms with Crippen LogP contribution in [0.15, 0.2) is 11.6 Å². The third kappa shape index (κ3) is 3.08. The molecule has 2 fully saturated rings. The minimum absolute atomic E-state index is 0.0372. The van der Waals surface area contributed by atoms with Gasteiger partial charge in [-0.3, -0.25) is 9.59 Å². The fourth-order valence-corrected chi connectivity index (χ4v) is 4.27. The smallest absolute Gasteiger partial charge is 0.246 e. The lowest BCUT2D eigenvalue weighted by Gasteiger charge is -2.39. The fourth-order valence-electron chi connectivity index (χ4n) is 2.57. The number of carbonyl (C=O) groups is 2. The van der Waals surface area contributed by atoms with Gasteiger partial charge in [0, 0.05) is 43.5 Å². The molecule has 1 aromatic heterocycles. The van der Waals surface area contributed by atoms with Gasteiger partial charge in [-0.15, -0.1) is 23.1 Å². The highest BCUT2D eigenvalue weighted by Crippen LogP contribution is 2.29. The zero-order valence-electron chi connectivity index (χ0n) is 12.7. The number of nitrogens with zero attached hydrogens (tertiary/aromatic N) is 3. The Balaban J connectivity index is 1.55. The van der Waals surface area contributed by atoms with E-state index in [1.54, 1.807) is 29.3 Å². The minimum atomic E-state index is -0.444. The zero-order valence-corrected chi connectivity index (χ0v) is 14.4. The molecule has 8 heteroatoms. The van der Waals surface area contributed by atoms with E-state index >= 15 is 0 Å². The van der Waals surface area contributed by atoms with Crippen molar-refractivity contribution in [2.45, 2.75) is 24.6 Å². The topological polar surface area (TPSA) is 65.5 Å². The molecule has 0 bridgehead atoms. The van der Waals surface area contributed by atoms with Crippen molar-refractivity contribution in [1.29, 1.82) is 0 Å². The van der Waals surface area contributed by atoms with Gasteiger partial charge >= 0.3 is 0 Å². The quantitative estimate of drug-likeness (QED) is 0.863. The summed E-state index contributed by atoms with van der Waals surface area (Å²) in [6.07, 6.45) is 1.80. The summed E-state index contributed by atoms with van der Waals surface area (Å²) in [4.78, 5) is 32.9. The van der Waals surface area contributed by atoms with Crippen LogP contribution in [0.4, 0.5) is 5.13 Å². The first-order chi connectivity index (χ1) is 10.5. The van der Waals surface area contributed by atoms with E-state index in [0.29, 0.717) is 18.8 Å². The first kappa shape index (κ1) is 15.6. The van der Waals surface area contributed by atoms with Crippen molar-refractivity contribution in [3.8, 4) is 0 Å². The lowest BCUT2D eigenvalue weighted by atomic mass is 10.1. The monoisotopic (exact) mass is 340 g/mol. The molecular weight excluding hydrogens is 320 g/mol. The second-order valence-electron chi connectivity index (χ2n) is 5.97. The van der Waals surface area contributed by atoms with Crippen LogP contribution < -0.4 is 10.2 Å². The third-order valence-electron chi connectivity index (χ3n) is 4.04. The molecule has 0 spiro atoms. The number of anilines is 1. The van der Waals surface area contributed by atoms with Crippen LogP contribution in [-0.2, 0) is 9.59 Å². The predicted molar refractivity (Wildman–Crippen MR) is 89.4 cm³/mol. The van der Waals surface area contributed by atoms with Gasteiger partial charge in [-0.25, -0.2) is 4.98 Å². The van der Waals surface area contributed by atoms with Crippen LogP contribution in [-0.4, -0.2) is 64.4 Å². The highest BCUT2D eigenvalue weighted by atomic mass is 32.2. The SMILES string of the molecule is CC1(C)SC[C@@H](C(=O)N2CCN(c3nccs3)CC2)NC1=O. The average Bonchev–Trinajstić information content (AvgIpc) is 3.04. The molecule has 2 amide bonds. The Labute approximate surface area is 138 Å². The lowest BCUT2D eigenvalue weighted by Crippen LogP contribution is -2.60. The van der Waals surface area contributed by atoms with Crippen molar-refractivity contribution in [2.75, 3.05) is 36.8 Å². The van der Waals surface area contributed by atoms with Gasteiger partial charge in [-0.05, 0) is 13.8 Å². The number of rotatable bonds is 2. The largest absolute Gasteiger partial charge is 0.345 e.